The Morgan fingerprint density at radius 3 is 2.56 bits per heavy atom. The molecule has 3 atom stereocenters. The molecule has 0 aromatic heterocycles. The lowest BCUT2D eigenvalue weighted by atomic mass is 10.0. The lowest BCUT2D eigenvalue weighted by Gasteiger charge is -2.32. The fraction of sp³-hybridized carbons (Fsp3) is 0.923. The molecule has 3 unspecified atom stereocenters. The van der Waals surface area contributed by atoms with Gasteiger partial charge in [-0.1, -0.05) is 0 Å². The fourth-order valence-electron chi connectivity index (χ4n) is 3.41. The molecule has 1 saturated carbocycles. The predicted octanol–water partition coefficient (Wildman–Crippen LogP) is 1.61. The van der Waals surface area contributed by atoms with E-state index in [0.717, 1.165) is 45.3 Å². The molecule has 3 fully saturated rings. The van der Waals surface area contributed by atoms with Crippen LogP contribution >= 0.6 is 0 Å². The maximum absolute atomic E-state index is 11.5. The molecule has 0 aromatic rings. The number of nitrogens with zero attached hydrogens (tertiary/aromatic N) is 1. The maximum atomic E-state index is 11.5. The Labute approximate surface area is 97.1 Å². The van der Waals surface area contributed by atoms with Crippen LogP contribution < -0.4 is 0 Å². The minimum atomic E-state index is 0.375. The second-order valence-corrected chi connectivity index (χ2v) is 5.56. The van der Waals surface area contributed by atoms with Crippen molar-refractivity contribution < 1.29 is 9.53 Å². The van der Waals surface area contributed by atoms with Crippen molar-refractivity contribution in [1.29, 1.82) is 0 Å². The van der Waals surface area contributed by atoms with Crippen molar-refractivity contribution in [3.05, 3.63) is 0 Å². The van der Waals surface area contributed by atoms with Gasteiger partial charge >= 0.3 is 0 Å². The van der Waals surface area contributed by atoms with Crippen molar-refractivity contribution in [2.24, 2.45) is 5.92 Å². The molecule has 0 spiro atoms. The molecule has 0 amide bonds. The van der Waals surface area contributed by atoms with Crippen LogP contribution in [-0.4, -0.2) is 42.5 Å². The first-order chi connectivity index (χ1) is 7.81. The monoisotopic (exact) mass is 223 g/mol. The zero-order valence-electron chi connectivity index (χ0n) is 9.86. The van der Waals surface area contributed by atoms with E-state index in [-0.39, 0.29) is 0 Å². The molecule has 1 aliphatic carbocycles. The van der Waals surface area contributed by atoms with Crippen LogP contribution in [0.25, 0.3) is 0 Å². The Hall–Kier alpha value is -0.410. The largest absolute Gasteiger partial charge is 0.372 e. The topological polar surface area (TPSA) is 29.5 Å². The van der Waals surface area contributed by atoms with Crippen LogP contribution in [0.5, 0.6) is 0 Å². The van der Waals surface area contributed by atoms with Gasteiger partial charge in [0.25, 0.3) is 0 Å². The molecular formula is C13H21NO2. The normalized spacial score (nSPS) is 39.5. The summed E-state index contributed by atoms with van der Waals surface area (Å²) in [6, 6.07) is 0. The van der Waals surface area contributed by atoms with Gasteiger partial charge in [-0.25, -0.2) is 0 Å². The van der Waals surface area contributed by atoms with Crippen LogP contribution in [0.3, 0.4) is 0 Å². The summed E-state index contributed by atoms with van der Waals surface area (Å²) in [6.45, 7) is 3.29. The predicted molar refractivity (Wildman–Crippen MR) is 61.3 cm³/mol. The molecule has 3 heteroatoms. The maximum Gasteiger partial charge on any atom is 0.136 e. The van der Waals surface area contributed by atoms with Crippen molar-refractivity contribution in [2.75, 3.05) is 19.6 Å². The van der Waals surface area contributed by atoms with Gasteiger partial charge in [0.05, 0.1) is 12.2 Å². The number of carbonyl (C=O) groups is 1. The van der Waals surface area contributed by atoms with Gasteiger partial charge in [-0.05, 0) is 38.6 Å². The van der Waals surface area contributed by atoms with Gasteiger partial charge in [0.1, 0.15) is 5.78 Å². The molecule has 2 aliphatic heterocycles. The van der Waals surface area contributed by atoms with Gasteiger partial charge in [0.15, 0.2) is 0 Å². The van der Waals surface area contributed by atoms with E-state index in [0.29, 0.717) is 23.9 Å². The van der Waals surface area contributed by atoms with E-state index >= 15 is 0 Å². The first-order valence-corrected chi connectivity index (χ1v) is 6.72. The lowest BCUT2D eigenvalue weighted by molar-refractivity contribution is -0.121. The molecule has 3 aliphatic rings. The van der Waals surface area contributed by atoms with Crippen LogP contribution in [0.2, 0.25) is 0 Å². The third-order valence-electron chi connectivity index (χ3n) is 4.34. The second-order valence-electron chi connectivity index (χ2n) is 5.56. The zero-order valence-corrected chi connectivity index (χ0v) is 9.86. The minimum absolute atomic E-state index is 0.375. The number of likely N-dealkylation sites (tertiary alicyclic amines) is 1. The molecule has 0 radical (unpaired) electrons. The Balaban J connectivity index is 1.46. The summed E-state index contributed by atoms with van der Waals surface area (Å²) >= 11 is 0. The minimum Gasteiger partial charge on any atom is -0.372 e. The van der Waals surface area contributed by atoms with Gasteiger partial charge < -0.3 is 4.74 Å². The first-order valence-electron chi connectivity index (χ1n) is 6.72. The zero-order chi connectivity index (χ0) is 11.0. The van der Waals surface area contributed by atoms with Crippen molar-refractivity contribution in [3.8, 4) is 0 Å². The van der Waals surface area contributed by atoms with Crippen LogP contribution in [-0.2, 0) is 9.53 Å². The number of ether oxygens (including phenoxy) is 1. The molecular weight excluding hydrogens is 202 g/mol. The van der Waals surface area contributed by atoms with Crippen LogP contribution in [0, 0.1) is 5.92 Å². The van der Waals surface area contributed by atoms with Crippen LogP contribution in [0.4, 0.5) is 0 Å². The molecule has 2 heterocycles. The number of hydrogen-bond acceptors (Lipinski definition) is 3. The second kappa shape index (κ2) is 4.46. The summed E-state index contributed by atoms with van der Waals surface area (Å²) in [6.07, 6.45) is 7.62. The van der Waals surface area contributed by atoms with E-state index in [9.17, 15) is 4.79 Å². The van der Waals surface area contributed by atoms with E-state index in [1.54, 1.807) is 0 Å². The number of hydrogen-bond donors (Lipinski definition) is 0. The highest BCUT2D eigenvalue weighted by Gasteiger charge is 2.34. The molecule has 3 rings (SSSR count). The first kappa shape index (κ1) is 10.7. The van der Waals surface area contributed by atoms with Gasteiger partial charge in [-0.15, -0.1) is 0 Å². The molecule has 0 aromatic carbocycles. The van der Waals surface area contributed by atoms with Crippen molar-refractivity contribution >= 4 is 5.78 Å². The average Bonchev–Trinajstić information content (AvgIpc) is 2.83. The fourth-order valence-corrected chi connectivity index (χ4v) is 3.41. The Bertz CT molecular complexity index is 267. The van der Waals surface area contributed by atoms with E-state index in [1.807, 2.05) is 0 Å². The molecule has 90 valence electrons. The summed E-state index contributed by atoms with van der Waals surface area (Å²) in [5, 5.41) is 0. The molecule has 2 bridgehead atoms. The third kappa shape index (κ3) is 2.16. The number of fused-ring (bicyclic) bond motifs is 2. The summed E-state index contributed by atoms with van der Waals surface area (Å²) < 4.78 is 5.81. The summed E-state index contributed by atoms with van der Waals surface area (Å²) in [5.41, 5.74) is 0. The molecule has 0 N–H and O–H groups in total. The Morgan fingerprint density at radius 2 is 1.94 bits per heavy atom. The molecule has 3 nitrogen and oxygen atoms in total. The van der Waals surface area contributed by atoms with E-state index < -0.39 is 0 Å². The number of Topliss-reactive ketones (excluding diaryl/α,β-unsaturated/α-hetero) is 1. The molecule has 2 saturated heterocycles. The van der Waals surface area contributed by atoms with E-state index in [2.05, 4.69) is 4.90 Å². The third-order valence-corrected chi connectivity index (χ3v) is 4.34. The SMILES string of the molecule is O=C1CCCC1CCN1CC2CCC(C1)O2. The van der Waals surface area contributed by atoms with Crippen LogP contribution in [0.1, 0.15) is 38.5 Å². The smallest absolute Gasteiger partial charge is 0.136 e. The highest BCUT2D eigenvalue weighted by molar-refractivity contribution is 5.82. The quantitative estimate of drug-likeness (QED) is 0.728. The average molecular weight is 223 g/mol. The number of carbonyl (C=O) groups excluding carboxylic acids is 1. The highest BCUT2D eigenvalue weighted by atomic mass is 16.5. The van der Waals surface area contributed by atoms with Crippen molar-refractivity contribution in [2.45, 2.75) is 50.7 Å². The van der Waals surface area contributed by atoms with Gasteiger partial charge in [-0.3, -0.25) is 9.69 Å². The van der Waals surface area contributed by atoms with Gasteiger partial charge in [-0.2, -0.15) is 0 Å². The van der Waals surface area contributed by atoms with E-state index in [1.165, 1.54) is 12.8 Å². The lowest BCUT2D eigenvalue weighted by Crippen LogP contribution is -2.43. The summed E-state index contributed by atoms with van der Waals surface area (Å²) in [7, 11) is 0. The molecule has 16 heavy (non-hydrogen) atoms. The Morgan fingerprint density at radius 1 is 1.19 bits per heavy atom. The number of rotatable bonds is 3. The standard InChI is InChI=1S/C13H21NO2/c15-13-3-1-2-10(13)6-7-14-8-11-4-5-12(9-14)16-11/h10-12H,1-9H2. The number of ketones is 1. The van der Waals surface area contributed by atoms with Crippen molar-refractivity contribution in [3.63, 3.8) is 0 Å². The van der Waals surface area contributed by atoms with Gasteiger partial charge in [0, 0.05) is 25.4 Å². The van der Waals surface area contributed by atoms with E-state index in [4.69, 9.17) is 4.74 Å². The van der Waals surface area contributed by atoms with Crippen LogP contribution in [0.15, 0.2) is 0 Å². The Kier molecular flexibility index (Phi) is 2.99. The van der Waals surface area contributed by atoms with Gasteiger partial charge in [0.2, 0.25) is 0 Å². The highest BCUT2D eigenvalue weighted by Crippen LogP contribution is 2.28. The summed E-state index contributed by atoms with van der Waals surface area (Å²) in [5.74, 6) is 0.886. The number of morpholine rings is 1. The van der Waals surface area contributed by atoms with Crippen molar-refractivity contribution in [1.82, 2.24) is 4.90 Å². The summed E-state index contributed by atoms with van der Waals surface area (Å²) in [4.78, 5) is 14.1.